The molecule has 0 saturated heterocycles. The van der Waals surface area contributed by atoms with Gasteiger partial charge in [-0.2, -0.15) is 0 Å². The second kappa shape index (κ2) is 5.17. The van der Waals surface area contributed by atoms with Crippen molar-refractivity contribution in [1.29, 1.82) is 0 Å². The quantitative estimate of drug-likeness (QED) is 0.817. The Hall–Kier alpha value is -2.01. The molecule has 0 bridgehead atoms. The van der Waals surface area contributed by atoms with Crippen LogP contribution in [0, 0.1) is 12.7 Å². The monoisotopic (exact) mass is 292 g/mol. The fraction of sp³-hybridized carbons (Fsp3) is 0.133. The maximum absolute atomic E-state index is 13.7. The van der Waals surface area contributed by atoms with Crippen molar-refractivity contribution < 1.29 is 17.6 Å². The molecule has 0 heterocycles. The maximum Gasteiger partial charge on any atom is 0.195 e. The van der Waals surface area contributed by atoms with Gasteiger partial charge < -0.3 is 0 Å². The summed E-state index contributed by atoms with van der Waals surface area (Å²) in [5.74, 6) is -1.06. The van der Waals surface area contributed by atoms with Crippen LogP contribution in [-0.2, 0) is 9.84 Å². The van der Waals surface area contributed by atoms with Crippen molar-refractivity contribution >= 4 is 15.6 Å². The minimum Gasteiger partial charge on any atom is -0.288 e. The van der Waals surface area contributed by atoms with Crippen molar-refractivity contribution in [1.82, 2.24) is 0 Å². The fourth-order valence-corrected chi connectivity index (χ4v) is 2.45. The highest BCUT2D eigenvalue weighted by atomic mass is 32.2. The van der Waals surface area contributed by atoms with Gasteiger partial charge in [-0.1, -0.05) is 11.6 Å². The first-order valence-corrected chi connectivity index (χ1v) is 7.79. The summed E-state index contributed by atoms with van der Waals surface area (Å²) < 4.78 is 36.3. The van der Waals surface area contributed by atoms with Crippen molar-refractivity contribution in [2.75, 3.05) is 6.26 Å². The van der Waals surface area contributed by atoms with Gasteiger partial charge in [-0.05, 0) is 43.3 Å². The van der Waals surface area contributed by atoms with Crippen LogP contribution in [0.5, 0.6) is 0 Å². The van der Waals surface area contributed by atoms with E-state index in [2.05, 4.69) is 0 Å². The summed E-state index contributed by atoms with van der Waals surface area (Å²) in [5, 5.41) is 0. The summed E-state index contributed by atoms with van der Waals surface area (Å²) in [6, 6.07) is 9.77. The van der Waals surface area contributed by atoms with E-state index >= 15 is 0 Å². The molecule has 3 nitrogen and oxygen atoms in total. The van der Waals surface area contributed by atoms with Gasteiger partial charge in [0.2, 0.25) is 0 Å². The third-order valence-electron chi connectivity index (χ3n) is 2.91. The van der Waals surface area contributed by atoms with Crippen molar-refractivity contribution in [2.24, 2.45) is 0 Å². The second-order valence-corrected chi connectivity index (χ2v) is 6.62. The van der Waals surface area contributed by atoms with E-state index in [1.807, 2.05) is 0 Å². The highest BCUT2D eigenvalue weighted by Gasteiger charge is 2.15. The molecule has 0 fully saturated rings. The molecule has 0 aliphatic rings. The molecule has 0 spiro atoms. The van der Waals surface area contributed by atoms with Crippen molar-refractivity contribution in [3.8, 4) is 0 Å². The molecule has 2 rings (SSSR count). The van der Waals surface area contributed by atoms with Crippen LogP contribution in [-0.4, -0.2) is 20.5 Å². The predicted molar refractivity (Wildman–Crippen MR) is 74.1 cm³/mol. The molecular formula is C15H13FO3S. The lowest BCUT2D eigenvalue weighted by atomic mass is 10.0. The van der Waals surface area contributed by atoms with E-state index in [1.165, 1.54) is 36.4 Å². The van der Waals surface area contributed by atoms with E-state index in [9.17, 15) is 17.6 Å². The van der Waals surface area contributed by atoms with Gasteiger partial charge in [0.15, 0.2) is 15.6 Å². The molecule has 104 valence electrons. The van der Waals surface area contributed by atoms with Crippen molar-refractivity contribution in [2.45, 2.75) is 11.8 Å². The number of ketones is 1. The highest BCUT2D eigenvalue weighted by Crippen LogP contribution is 2.17. The molecule has 0 saturated carbocycles. The Balaban J connectivity index is 2.42. The number of aryl methyl sites for hydroxylation is 1. The van der Waals surface area contributed by atoms with Crippen LogP contribution < -0.4 is 0 Å². The van der Waals surface area contributed by atoms with Gasteiger partial charge in [-0.3, -0.25) is 4.79 Å². The van der Waals surface area contributed by atoms with Gasteiger partial charge in [0.1, 0.15) is 5.82 Å². The van der Waals surface area contributed by atoms with Crippen LogP contribution in [0.1, 0.15) is 21.5 Å². The molecule has 0 N–H and O–H groups in total. The van der Waals surface area contributed by atoms with Crippen molar-refractivity contribution in [3.63, 3.8) is 0 Å². The molecule has 0 atom stereocenters. The van der Waals surface area contributed by atoms with Crippen LogP contribution in [0.2, 0.25) is 0 Å². The third-order valence-corrected chi connectivity index (χ3v) is 4.04. The van der Waals surface area contributed by atoms with Crippen LogP contribution in [0.3, 0.4) is 0 Å². The molecule has 0 amide bonds. The number of rotatable bonds is 3. The maximum atomic E-state index is 13.7. The lowest BCUT2D eigenvalue weighted by Crippen LogP contribution is -2.05. The number of halogens is 1. The van der Waals surface area contributed by atoms with Crippen LogP contribution in [0.4, 0.5) is 4.39 Å². The molecular weight excluding hydrogens is 279 g/mol. The largest absolute Gasteiger partial charge is 0.288 e. The minimum atomic E-state index is -3.31. The second-order valence-electron chi connectivity index (χ2n) is 4.61. The Kier molecular flexibility index (Phi) is 3.72. The number of benzene rings is 2. The summed E-state index contributed by atoms with van der Waals surface area (Å²) in [6.07, 6.45) is 1.09. The number of sulfone groups is 1. The van der Waals surface area contributed by atoms with Gasteiger partial charge in [-0.15, -0.1) is 0 Å². The fourth-order valence-electron chi connectivity index (χ4n) is 1.82. The zero-order valence-corrected chi connectivity index (χ0v) is 11.9. The molecule has 5 heteroatoms. The van der Waals surface area contributed by atoms with Gasteiger partial charge in [0.25, 0.3) is 0 Å². The molecule has 0 unspecified atom stereocenters. The Morgan fingerprint density at radius 3 is 2.20 bits per heavy atom. The average molecular weight is 292 g/mol. The standard InChI is InChI=1S/C15H13FO3S/c1-10-3-8-14(16)13(9-10)15(17)11-4-6-12(7-5-11)20(2,18)19/h3-9H,1-2H3. The van der Waals surface area contributed by atoms with Gasteiger partial charge in [0, 0.05) is 11.8 Å². The Morgan fingerprint density at radius 1 is 1.05 bits per heavy atom. The summed E-state index contributed by atoms with van der Waals surface area (Å²) >= 11 is 0. The van der Waals surface area contributed by atoms with E-state index in [0.29, 0.717) is 0 Å². The van der Waals surface area contributed by atoms with Crippen LogP contribution in [0.25, 0.3) is 0 Å². The first-order chi connectivity index (χ1) is 9.29. The molecule has 2 aromatic carbocycles. The summed E-state index contributed by atoms with van der Waals surface area (Å²) in [7, 11) is -3.31. The topological polar surface area (TPSA) is 51.2 Å². The molecule has 0 aromatic heterocycles. The van der Waals surface area contributed by atoms with E-state index in [1.54, 1.807) is 13.0 Å². The highest BCUT2D eigenvalue weighted by molar-refractivity contribution is 7.90. The van der Waals surface area contributed by atoms with Crippen LogP contribution in [0.15, 0.2) is 47.4 Å². The Bertz CT molecular complexity index is 762. The first kappa shape index (κ1) is 14.4. The smallest absolute Gasteiger partial charge is 0.195 e. The SMILES string of the molecule is Cc1ccc(F)c(C(=O)c2ccc(S(C)(=O)=O)cc2)c1. The molecule has 0 aliphatic carbocycles. The summed E-state index contributed by atoms with van der Waals surface area (Å²) in [5.41, 5.74) is 1.02. The molecule has 20 heavy (non-hydrogen) atoms. The van der Waals surface area contributed by atoms with E-state index < -0.39 is 21.4 Å². The summed E-state index contributed by atoms with van der Waals surface area (Å²) in [4.78, 5) is 12.3. The van der Waals surface area contributed by atoms with Crippen LogP contribution >= 0.6 is 0 Å². The number of hydrogen-bond acceptors (Lipinski definition) is 3. The zero-order valence-electron chi connectivity index (χ0n) is 11.1. The van der Waals surface area contributed by atoms with E-state index in [0.717, 1.165) is 11.8 Å². The van der Waals surface area contributed by atoms with Crippen molar-refractivity contribution in [3.05, 3.63) is 65.0 Å². The average Bonchev–Trinajstić information content (AvgIpc) is 2.40. The number of carbonyl (C=O) groups is 1. The first-order valence-electron chi connectivity index (χ1n) is 5.90. The number of hydrogen-bond donors (Lipinski definition) is 0. The Morgan fingerprint density at radius 2 is 1.65 bits per heavy atom. The molecule has 0 radical (unpaired) electrons. The third kappa shape index (κ3) is 2.93. The van der Waals surface area contributed by atoms with E-state index in [-0.39, 0.29) is 16.0 Å². The lowest BCUT2D eigenvalue weighted by molar-refractivity contribution is 0.103. The Labute approximate surface area is 117 Å². The normalized spacial score (nSPS) is 11.3. The van der Waals surface area contributed by atoms with Gasteiger partial charge in [0.05, 0.1) is 10.5 Å². The molecule has 0 aliphatic heterocycles. The zero-order chi connectivity index (χ0) is 14.9. The summed E-state index contributed by atoms with van der Waals surface area (Å²) in [6.45, 7) is 1.77. The van der Waals surface area contributed by atoms with Gasteiger partial charge >= 0.3 is 0 Å². The lowest BCUT2D eigenvalue weighted by Gasteiger charge is -2.05. The minimum absolute atomic E-state index is 0.0166. The predicted octanol–water partition coefficient (Wildman–Crippen LogP) is 2.77. The van der Waals surface area contributed by atoms with Gasteiger partial charge in [-0.25, -0.2) is 12.8 Å². The van der Waals surface area contributed by atoms with E-state index in [4.69, 9.17) is 0 Å². The number of carbonyl (C=O) groups excluding carboxylic acids is 1. The molecule has 2 aromatic rings.